The number of nitrogens with one attached hydrogen (secondary N) is 1. The summed E-state index contributed by atoms with van der Waals surface area (Å²) in [5.74, 6) is -0.340. The summed E-state index contributed by atoms with van der Waals surface area (Å²) in [4.78, 5) is 25.4. The number of furan rings is 1. The van der Waals surface area contributed by atoms with Crippen LogP contribution < -0.4 is 10.2 Å². The Labute approximate surface area is 165 Å². The molecule has 7 nitrogen and oxygen atoms in total. The molecule has 0 fully saturated rings. The maximum atomic E-state index is 12.9. The van der Waals surface area contributed by atoms with E-state index in [0.29, 0.717) is 28.9 Å². The monoisotopic (exact) mass is 454 g/mol. The summed E-state index contributed by atoms with van der Waals surface area (Å²) in [7, 11) is -3.75. The number of sulfone groups is 1. The number of benzene rings is 1. The Bertz CT molecular complexity index is 970. The number of carbonyl (C=O) groups is 2. The predicted molar refractivity (Wildman–Crippen MR) is 103 cm³/mol. The highest BCUT2D eigenvalue weighted by molar-refractivity contribution is 9.10. The average molecular weight is 455 g/mol. The van der Waals surface area contributed by atoms with Crippen molar-refractivity contribution in [2.45, 2.75) is 31.2 Å². The Kier molecular flexibility index (Phi) is 5.71. The highest BCUT2D eigenvalue weighted by atomic mass is 79.9. The van der Waals surface area contributed by atoms with Crippen LogP contribution in [0, 0.1) is 0 Å². The lowest BCUT2D eigenvalue weighted by molar-refractivity contribution is -0.121. The fourth-order valence-electron chi connectivity index (χ4n) is 3.05. The molecule has 1 aromatic carbocycles. The van der Waals surface area contributed by atoms with Crippen molar-refractivity contribution in [1.29, 1.82) is 0 Å². The Morgan fingerprint density at radius 2 is 2.11 bits per heavy atom. The van der Waals surface area contributed by atoms with E-state index in [2.05, 4.69) is 21.2 Å². The highest BCUT2D eigenvalue weighted by Crippen LogP contribution is 2.38. The van der Waals surface area contributed by atoms with Gasteiger partial charge in [-0.1, -0.05) is 15.9 Å². The summed E-state index contributed by atoms with van der Waals surface area (Å²) in [6.07, 6.45) is 1.92. The van der Waals surface area contributed by atoms with E-state index in [1.165, 1.54) is 24.2 Å². The minimum Gasteiger partial charge on any atom is -0.467 e. The van der Waals surface area contributed by atoms with Crippen LogP contribution in [0.5, 0.6) is 0 Å². The van der Waals surface area contributed by atoms with Crippen molar-refractivity contribution in [3.8, 4) is 0 Å². The minimum atomic E-state index is -3.75. The summed E-state index contributed by atoms with van der Waals surface area (Å²) in [6.45, 7) is 2.07. The van der Waals surface area contributed by atoms with Gasteiger partial charge in [-0.05, 0) is 36.2 Å². The van der Waals surface area contributed by atoms with Crippen LogP contribution in [0.4, 0.5) is 5.69 Å². The van der Waals surface area contributed by atoms with Gasteiger partial charge in [0.1, 0.15) is 5.76 Å². The van der Waals surface area contributed by atoms with Gasteiger partial charge in [0.25, 0.3) is 0 Å². The van der Waals surface area contributed by atoms with Crippen LogP contribution in [-0.4, -0.2) is 32.5 Å². The molecule has 2 heterocycles. The molecular formula is C18H19BrN2O5S. The largest absolute Gasteiger partial charge is 0.467 e. The van der Waals surface area contributed by atoms with Gasteiger partial charge in [-0.2, -0.15) is 0 Å². The number of halogens is 1. The van der Waals surface area contributed by atoms with Crippen LogP contribution in [0.1, 0.15) is 24.7 Å². The molecule has 0 saturated carbocycles. The van der Waals surface area contributed by atoms with Gasteiger partial charge in [-0.3, -0.25) is 9.59 Å². The standard InChI is InChI=1S/C18H19BrN2O5S/c1-12(22)21-6-4-13-9-14(19)10-16(18(13)21)27(24,25)8-5-17(23)20-11-15-3-2-7-26-15/h2-3,7,9-10H,4-6,8,11H2,1H3,(H,20,23). The molecule has 27 heavy (non-hydrogen) atoms. The van der Waals surface area contributed by atoms with Crippen LogP contribution in [0.2, 0.25) is 0 Å². The van der Waals surface area contributed by atoms with Crippen LogP contribution in [0.25, 0.3) is 0 Å². The zero-order valence-corrected chi connectivity index (χ0v) is 17.1. The second-order valence-corrected chi connectivity index (χ2v) is 9.25. The molecule has 1 N–H and O–H groups in total. The molecule has 1 aliphatic heterocycles. The van der Waals surface area contributed by atoms with Gasteiger partial charge in [-0.15, -0.1) is 0 Å². The van der Waals surface area contributed by atoms with E-state index in [-0.39, 0.29) is 35.4 Å². The first-order chi connectivity index (χ1) is 12.8. The topological polar surface area (TPSA) is 96.7 Å². The van der Waals surface area contributed by atoms with Gasteiger partial charge in [0.2, 0.25) is 11.8 Å². The van der Waals surface area contributed by atoms with E-state index in [9.17, 15) is 18.0 Å². The van der Waals surface area contributed by atoms with E-state index in [1.54, 1.807) is 12.1 Å². The Hall–Kier alpha value is -2.13. The van der Waals surface area contributed by atoms with Gasteiger partial charge >= 0.3 is 0 Å². The number of carbonyl (C=O) groups excluding carboxylic acids is 2. The van der Waals surface area contributed by atoms with E-state index in [4.69, 9.17) is 4.42 Å². The van der Waals surface area contributed by atoms with Crippen molar-refractivity contribution in [1.82, 2.24) is 5.32 Å². The van der Waals surface area contributed by atoms with Crippen LogP contribution in [0.3, 0.4) is 0 Å². The molecule has 0 spiro atoms. The van der Waals surface area contributed by atoms with E-state index in [1.807, 2.05) is 6.07 Å². The molecule has 144 valence electrons. The molecule has 9 heteroatoms. The maximum Gasteiger partial charge on any atom is 0.223 e. The minimum absolute atomic E-state index is 0.0819. The summed E-state index contributed by atoms with van der Waals surface area (Å²) in [5.41, 5.74) is 1.24. The lowest BCUT2D eigenvalue weighted by atomic mass is 10.2. The molecular weight excluding hydrogens is 436 g/mol. The van der Waals surface area contributed by atoms with Crippen molar-refractivity contribution in [3.05, 3.63) is 46.3 Å². The number of amides is 2. The number of hydrogen-bond donors (Lipinski definition) is 1. The third-order valence-corrected chi connectivity index (χ3v) is 6.53. The molecule has 2 amide bonds. The second-order valence-electron chi connectivity index (χ2n) is 6.26. The molecule has 0 aliphatic carbocycles. The zero-order chi connectivity index (χ0) is 19.6. The molecule has 0 bridgehead atoms. The molecule has 3 rings (SSSR count). The van der Waals surface area contributed by atoms with Gasteiger partial charge < -0.3 is 14.6 Å². The van der Waals surface area contributed by atoms with E-state index in [0.717, 1.165) is 5.56 Å². The van der Waals surface area contributed by atoms with Crippen LogP contribution >= 0.6 is 15.9 Å². The quantitative estimate of drug-likeness (QED) is 0.722. The first kappa shape index (κ1) is 19.6. The molecule has 0 unspecified atom stereocenters. The van der Waals surface area contributed by atoms with Crippen molar-refractivity contribution in [3.63, 3.8) is 0 Å². The number of anilines is 1. The normalized spacial score (nSPS) is 13.5. The molecule has 0 radical (unpaired) electrons. The Balaban J connectivity index is 1.75. The van der Waals surface area contributed by atoms with Gasteiger partial charge in [0, 0.05) is 24.4 Å². The van der Waals surface area contributed by atoms with E-state index < -0.39 is 9.84 Å². The predicted octanol–water partition coefficient (Wildman–Crippen LogP) is 2.43. The van der Waals surface area contributed by atoms with Gasteiger partial charge in [0.05, 0.1) is 29.1 Å². The third-order valence-electron chi connectivity index (χ3n) is 4.35. The number of fused-ring (bicyclic) bond motifs is 1. The molecule has 1 aliphatic rings. The first-order valence-electron chi connectivity index (χ1n) is 8.40. The zero-order valence-electron chi connectivity index (χ0n) is 14.7. The molecule has 0 saturated heterocycles. The van der Waals surface area contributed by atoms with Crippen molar-refractivity contribution in [2.75, 3.05) is 17.2 Å². The summed E-state index contributed by atoms with van der Waals surface area (Å²) >= 11 is 3.33. The Morgan fingerprint density at radius 3 is 2.78 bits per heavy atom. The summed E-state index contributed by atoms with van der Waals surface area (Å²) in [5, 5.41) is 2.63. The number of nitrogens with zero attached hydrogens (tertiary/aromatic N) is 1. The lowest BCUT2D eigenvalue weighted by Gasteiger charge is -2.19. The van der Waals surface area contributed by atoms with Gasteiger partial charge in [-0.25, -0.2) is 8.42 Å². The fourth-order valence-corrected chi connectivity index (χ4v) is 5.22. The second kappa shape index (κ2) is 7.85. The molecule has 1 aromatic heterocycles. The van der Waals surface area contributed by atoms with Crippen LogP contribution in [0.15, 0.2) is 44.3 Å². The molecule has 0 atom stereocenters. The Morgan fingerprint density at radius 1 is 1.33 bits per heavy atom. The van der Waals surface area contributed by atoms with Crippen molar-refractivity contribution < 1.29 is 22.4 Å². The van der Waals surface area contributed by atoms with Crippen molar-refractivity contribution in [2.24, 2.45) is 0 Å². The maximum absolute atomic E-state index is 12.9. The summed E-state index contributed by atoms with van der Waals surface area (Å²) in [6, 6.07) is 6.75. The lowest BCUT2D eigenvalue weighted by Crippen LogP contribution is -2.28. The number of hydrogen-bond acceptors (Lipinski definition) is 5. The fraction of sp³-hybridized carbons (Fsp3) is 0.333. The summed E-state index contributed by atoms with van der Waals surface area (Å²) < 4.78 is 31.5. The van der Waals surface area contributed by atoms with Gasteiger partial charge in [0.15, 0.2) is 9.84 Å². The van der Waals surface area contributed by atoms with Crippen LogP contribution in [-0.2, 0) is 32.4 Å². The third kappa shape index (κ3) is 4.41. The van der Waals surface area contributed by atoms with Crippen molar-refractivity contribution >= 4 is 43.3 Å². The highest BCUT2D eigenvalue weighted by Gasteiger charge is 2.31. The smallest absolute Gasteiger partial charge is 0.223 e. The molecule has 2 aromatic rings. The average Bonchev–Trinajstić information content (AvgIpc) is 3.26. The van der Waals surface area contributed by atoms with E-state index >= 15 is 0 Å². The first-order valence-corrected chi connectivity index (χ1v) is 10.8. The SMILES string of the molecule is CC(=O)N1CCc2cc(Br)cc(S(=O)(=O)CCC(=O)NCc3ccco3)c21. The number of rotatable bonds is 6.